The van der Waals surface area contributed by atoms with E-state index in [1.807, 2.05) is 0 Å². The van der Waals surface area contributed by atoms with Crippen LogP contribution in [-0.4, -0.2) is 41.0 Å². The molecule has 2 N–H and O–H groups in total. The second-order valence-electron chi connectivity index (χ2n) is 9.73. The Kier molecular flexibility index (Phi) is 24.3. The Bertz CT molecular complexity index is 632. The number of rotatable bonds is 26. The topological polar surface area (TPSA) is 119 Å². The molecule has 0 aromatic carbocycles. The molecule has 0 saturated carbocycles. The third-order valence-corrected chi connectivity index (χ3v) is 6.52. The van der Waals surface area contributed by atoms with E-state index in [2.05, 4.69) is 30.5 Å². The van der Waals surface area contributed by atoms with E-state index in [1.165, 1.54) is 44.9 Å². The zero-order chi connectivity index (χ0) is 27.6. The van der Waals surface area contributed by atoms with Crippen molar-refractivity contribution in [1.82, 2.24) is 0 Å². The maximum absolute atomic E-state index is 12.2. The monoisotopic (exact) mass is 548 g/mol. The molecule has 8 nitrogen and oxygen atoms in total. The Morgan fingerprint density at radius 2 is 1.16 bits per heavy atom. The number of carbonyl (C=O) groups is 2. The van der Waals surface area contributed by atoms with Crippen LogP contribution in [0.5, 0.6) is 0 Å². The number of phosphoric ester groups is 1. The SMILES string of the molecule is CCCC/C=C\CCCCCCCC(=O)O[C@H](COC(=O)CCCCCCCCCC)COP(=O)(O)O. The number of ether oxygens (including phenoxy) is 2. The maximum atomic E-state index is 12.2. The summed E-state index contributed by atoms with van der Waals surface area (Å²) in [6, 6.07) is 0. The van der Waals surface area contributed by atoms with Crippen molar-refractivity contribution in [3.63, 3.8) is 0 Å². The normalized spacial score (nSPS) is 12.6. The third kappa shape index (κ3) is 27.6. The van der Waals surface area contributed by atoms with Crippen LogP contribution in [-0.2, 0) is 28.2 Å². The van der Waals surface area contributed by atoms with Gasteiger partial charge in [0.05, 0.1) is 6.61 Å². The lowest BCUT2D eigenvalue weighted by atomic mass is 10.1. The molecule has 0 unspecified atom stereocenters. The minimum absolute atomic E-state index is 0.204. The summed E-state index contributed by atoms with van der Waals surface area (Å²) in [6.07, 6.45) is 22.4. The fourth-order valence-corrected chi connectivity index (χ4v) is 4.18. The van der Waals surface area contributed by atoms with E-state index >= 15 is 0 Å². The number of allylic oxidation sites excluding steroid dienone is 2. The van der Waals surface area contributed by atoms with Gasteiger partial charge in [-0.15, -0.1) is 0 Å². The molecule has 0 radical (unpaired) electrons. The van der Waals surface area contributed by atoms with E-state index in [1.54, 1.807) is 0 Å². The molecule has 0 aliphatic heterocycles. The Morgan fingerprint density at radius 1 is 0.676 bits per heavy atom. The van der Waals surface area contributed by atoms with Crippen LogP contribution in [0.15, 0.2) is 12.2 Å². The summed E-state index contributed by atoms with van der Waals surface area (Å²) < 4.78 is 26.0. The largest absolute Gasteiger partial charge is 0.469 e. The van der Waals surface area contributed by atoms with Crippen LogP contribution in [0.1, 0.15) is 136 Å². The highest BCUT2D eigenvalue weighted by Gasteiger charge is 2.22. The number of carbonyl (C=O) groups excluding carboxylic acids is 2. The van der Waals surface area contributed by atoms with Gasteiger partial charge in [0.25, 0.3) is 0 Å². The van der Waals surface area contributed by atoms with Crippen molar-refractivity contribution < 1.29 is 37.9 Å². The van der Waals surface area contributed by atoms with E-state index in [0.29, 0.717) is 6.42 Å². The van der Waals surface area contributed by atoms with E-state index in [0.717, 1.165) is 57.8 Å². The highest BCUT2D eigenvalue weighted by atomic mass is 31.2. The molecule has 0 rings (SSSR count). The predicted molar refractivity (Wildman–Crippen MR) is 147 cm³/mol. The molecule has 37 heavy (non-hydrogen) atoms. The third-order valence-electron chi connectivity index (χ3n) is 6.03. The average molecular weight is 549 g/mol. The molecular weight excluding hydrogens is 495 g/mol. The second kappa shape index (κ2) is 25.1. The van der Waals surface area contributed by atoms with E-state index in [9.17, 15) is 14.2 Å². The molecular formula is C28H53O8P. The molecule has 218 valence electrons. The number of hydrogen-bond acceptors (Lipinski definition) is 6. The van der Waals surface area contributed by atoms with Gasteiger partial charge in [0.1, 0.15) is 6.61 Å². The highest BCUT2D eigenvalue weighted by molar-refractivity contribution is 7.46. The van der Waals surface area contributed by atoms with Gasteiger partial charge in [0.2, 0.25) is 0 Å². The molecule has 0 heterocycles. The van der Waals surface area contributed by atoms with Gasteiger partial charge in [0, 0.05) is 12.8 Å². The van der Waals surface area contributed by atoms with Gasteiger partial charge in [-0.2, -0.15) is 0 Å². The fourth-order valence-electron chi connectivity index (χ4n) is 3.82. The van der Waals surface area contributed by atoms with Gasteiger partial charge in [-0.1, -0.05) is 103 Å². The quantitative estimate of drug-likeness (QED) is 0.0492. The summed E-state index contributed by atoms with van der Waals surface area (Å²) in [7, 11) is -4.73. The zero-order valence-electron chi connectivity index (χ0n) is 23.4. The lowest BCUT2D eigenvalue weighted by Gasteiger charge is -2.18. The van der Waals surface area contributed by atoms with Crippen LogP contribution in [0, 0.1) is 0 Å². The van der Waals surface area contributed by atoms with Gasteiger partial charge >= 0.3 is 19.8 Å². The van der Waals surface area contributed by atoms with Crippen LogP contribution in [0.3, 0.4) is 0 Å². The van der Waals surface area contributed by atoms with Crippen LogP contribution >= 0.6 is 7.82 Å². The minimum atomic E-state index is -4.73. The summed E-state index contributed by atoms with van der Waals surface area (Å²) >= 11 is 0. The first kappa shape index (κ1) is 35.8. The van der Waals surface area contributed by atoms with Gasteiger partial charge in [-0.3, -0.25) is 14.1 Å². The van der Waals surface area contributed by atoms with Crippen molar-refractivity contribution in [3.05, 3.63) is 12.2 Å². The summed E-state index contributed by atoms with van der Waals surface area (Å²) in [4.78, 5) is 42.2. The van der Waals surface area contributed by atoms with E-state index in [-0.39, 0.29) is 19.4 Å². The molecule has 0 aromatic heterocycles. The van der Waals surface area contributed by atoms with E-state index < -0.39 is 32.5 Å². The molecule has 0 bridgehead atoms. The van der Waals surface area contributed by atoms with Crippen molar-refractivity contribution in [2.24, 2.45) is 0 Å². The Balaban J connectivity index is 4.10. The Hall–Kier alpha value is -1.21. The molecule has 0 aliphatic rings. The van der Waals surface area contributed by atoms with Crippen molar-refractivity contribution in [2.75, 3.05) is 13.2 Å². The van der Waals surface area contributed by atoms with Gasteiger partial charge in [0.15, 0.2) is 6.10 Å². The van der Waals surface area contributed by atoms with E-state index in [4.69, 9.17) is 19.3 Å². The standard InChI is InChI=1S/C28H53O8P/c1-3-5-7-9-11-13-14-15-17-19-21-23-28(30)36-26(25-35-37(31,32)33)24-34-27(29)22-20-18-16-12-10-8-6-4-2/h9,11,26H,3-8,10,12-25H2,1-2H3,(H2,31,32,33)/b11-9-/t26-/m1/s1. The average Bonchev–Trinajstić information content (AvgIpc) is 2.85. The molecule has 0 saturated heterocycles. The zero-order valence-corrected chi connectivity index (χ0v) is 24.3. The molecule has 0 spiro atoms. The first-order chi connectivity index (χ1) is 17.8. The van der Waals surface area contributed by atoms with Crippen molar-refractivity contribution in [1.29, 1.82) is 0 Å². The van der Waals surface area contributed by atoms with Crippen LogP contribution in [0.2, 0.25) is 0 Å². The van der Waals surface area contributed by atoms with Gasteiger partial charge in [-0.25, -0.2) is 4.57 Å². The van der Waals surface area contributed by atoms with Crippen LogP contribution in [0.4, 0.5) is 0 Å². The first-order valence-electron chi connectivity index (χ1n) is 14.5. The smallest absolute Gasteiger partial charge is 0.462 e. The van der Waals surface area contributed by atoms with Crippen LogP contribution in [0.25, 0.3) is 0 Å². The number of esters is 2. The summed E-state index contributed by atoms with van der Waals surface area (Å²) in [5.41, 5.74) is 0. The predicted octanol–water partition coefficient (Wildman–Crippen LogP) is 7.56. The summed E-state index contributed by atoms with van der Waals surface area (Å²) in [5.74, 6) is -0.902. The minimum Gasteiger partial charge on any atom is -0.462 e. The van der Waals surface area contributed by atoms with Crippen molar-refractivity contribution in [3.8, 4) is 0 Å². The molecule has 0 fully saturated rings. The Morgan fingerprint density at radius 3 is 1.73 bits per heavy atom. The molecule has 1 atom stereocenters. The summed E-state index contributed by atoms with van der Waals surface area (Å²) in [6.45, 7) is 3.56. The Labute approximate surface area is 225 Å². The van der Waals surface area contributed by atoms with Crippen molar-refractivity contribution in [2.45, 2.75) is 142 Å². The first-order valence-corrected chi connectivity index (χ1v) is 16.0. The fraction of sp³-hybridized carbons (Fsp3) is 0.857. The molecule has 0 aliphatic carbocycles. The molecule has 9 heteroatoms. The van der Waals surface area contributed by atoms with Crippen LogP contribution < -0.4 is 0 Å². The van der Waals surface area contributed by atoms with Crippen molar-refractivity contribution >= 4 is 19.8 Å². The number of phosphoric acid groups is 1. The lowest BCUT2D eigenvalue weighted by Crippen LogP contribution is -2.29. The molecule has 0 amide bonds. The summed E-state index contributed by atoms with van der Waals surface area (Å²) in [5, 5.41) is 0. The lowest BCUT2D eigenvalue weighted by molar-refractivity contribution is -0.161. The maximum Gasteiger partial charge on any atom is 0.469 e. The number of unbranched alkanes of at least 4 members (excludes halogenated alkanes) is 14. The molecule has 0 aromatic rings. The van der Waals surface area contributed by atoms with Gasteiger partial charge < -0.3 is 19.3 Å². The second-order valence-corrected chi connectivity index (χ2v) is 11.0. The number of hydrogen-bond donors (Lipinski definition) is 2. The highest BCUT2D eigenvalue weighted by Crippen LogP contribution is 2.35. The van der Waals surface area contributed by atoms with Gasteiger partial charge in [-0.05, 0) is 32.1 Å².